The number of sulfone groups is 1. The zero-order valence-electron chi connectivity index (χ0n) is 21.0. The van der Waals surface area contributed by atoms with Crippen LogP contribution in [0.25, 0.3) is 11.2 Å². The number of nitrogens with zero attached hydrogens (tertiary/aromatic N) is 6. The molecule has 198 valence electrons. The highest BCUT2D eigenvalue weighted by atomic mass is 32.2. The zero-order valence-corrected chi connectivity index (χ0v) is 21.8. The van der Waals surface area contributed by atoms with Crippen molar-refractivity contribution in [3.63, 3.8) is 0 Å². The van der Waals surface area contributed by atoms with Crippen molar-refractivity contribution in [1.29, 1.82) is 0 Å². The molecule has 0 aromatic carbocycles. The number of aromatic nitrogens is 6. The second-order valence-electron chi connectivity index (χ2n) is 9.67. The number of imidazole rings is 1. The molecule has 1 amide bonds. The summed E-state index contributed by atoms with van der Waals surface area (Å²) in [6.45, 7) is -0.228. The number of amides is 1. The van der Waals surface area contributed by atoms with Crippen molar-refractivity contribution >= 4 is 38.5 Å². The highest BCUT2D eigenvalue weighted by Gasteiger charge is 2.31. The first kappa shape index (κ1) is 25.5. The van der Waals surface area contributed by atoms with E-state index in [4.69, 9.17) is 0 Å². The van der Waals surface area contributed by atoms with Gasteiger partial charge in [0.1, 0.15) is 23.1 Å². The summed E-state index contributed by atoms with van der Waals surface area (Å²) in [5, 5.41) is 2.40. The Bertz CT molecular complexity index is 1750. The Hall–Kier alpha value is -4.12. The number of fused-ring (bicyclic) bond motifs is 1. The lowest BCUT2D eigenvalue weighted by Gasteiger charge is -2.07. The van der Waals surface area contributed by atoms with Crippen LogP contribution < -0.4 is 16.6 Å². The third-order valence-electron chi connectivity index (χ3n) is 6.44. The standard InChI is InChI=1S/C24H25N7O6S/c1-29-19-20(28-23(29)38(3,36)37)31(24(35)30(2)22(19)34)10-4-5-15-11-17(27-21(33)14-8-9-14)26-18(25-15)12-16(32)13-6-7-13/h11,13-14H,6-10,12H2,1-3H3,(H,25,26,27,33). The molecule has 3 heterocycles. The van der Waals surface area contributed by atoms with Crippen molar-refractivity contribution in [2.75, 3.05) is 11.6 Å². The fraction of sp³-hybridized carbons (Fsp3) is 0.458. The van der Waals surface area contributed by atoms with Crippen LogP contribution in [-0.4, -0.2) is 55.0 Å². The van der Waals surface area contributed by atoms with Crippen LogP contribution in [0.4, 0.5) is 5.82 Å². The molecule has 2 saturated carbocycles. The van der Waals surface area contributed by atoms with Crippen LogP contribution in [0.2, 0.25) is 0 Å². The van der Waals surface area contributed by atoms with Crippen molar-refractivity contribution in [3.8, 4) is 11.8 Å². The number of carbonyl (C=O) groups is 2. The SMILES string of the molecule is Cn1c(=O)c2c(nc(S(C)(=O)=O)n2C)n(CC#Cc2cc(NC(=O)C3CC3)nc(CC(=O)C3CC3)n2)c1=O. The van der Waals surface area contributed by atoms with Crippen LogP contribution in [0.15, 0.2) is 20.8 Å². The van der Waals surface area contributed by atoms with Crippen LogP contribution in [0.1, 0.15) is 37.2 Å². The van der Waals surface area contributed by atoms with Gasteiger partial charge in [-0.15, -0.1) is 0 Å². The third kappa shape index (κ3) is 5.01. The first-order valence-electron chi connectivity index (χ1n) is 12.0. The lowest BCUT2D eigenvalue weighted by molar-refractivity contribution is -0.119. The number of anilines is 1. The highest BCUT2D eigenvalue weighted by Crippen LogP contribution is 2.31. The molecule has 2 fully saturated rings. The molecule has 3 aromatic rings. The lowest BCUT2D eigenvalue weighted by Crippen LogP contribution is -2.38. The first-order chi connectivity index (χ1) is 17.9. The van der Waals surface area contributed by atoms with Crippen LogP contribution in [0.5, 0.6) is 0 Å². The summed E-state index contributed by atoms with van der Waals surface area (Å²) in [5.41, 5.74) is -1.33. The molecule has 0 aliphatic heterocycles. The number of ketones is 1. The summed E-state index contributed by atoms with van der Waals surface area (Å²) in [7, 11) is -1.11. The number of rotatable bonds is 7. The van der Waals surface area contributed by atoms with Gasteiger partial charge < -0.3 is 9.88 Å². The van der Waals surface area contributed by atoms with Gasteiger partial charge in [-0.3, -0.25) is 23.5 Å². The van der Waals surface area contributed by atoms with Gasteiger partial charge in [-0.05, 0) is 31.6 Å². The fourth-order valence-corrected chi connectivity index (χ4v) is 4.92. The highest BCUT2D eigenvalue weighted by molar-refractivity contribution is 7.90. The monoisotopic (exact) mass is 539 g/mol. The van der Waals surface area contributed by atoms with Gasteiger partial charge in [0.2, 0.25) is 20.9 Å². The second-order valence-corrected chi connectivity index (χ2v) is 11.6. The van der Waals surface area contributed by atoms with Gasteiger partial charge in [0.05, 0.1) is 13.0 Å². The number of carbonyl (C=O) groups excluding carboxylic acids is 2. The van der Waals surface area contributed by atoms with Gasteiger partial charge in [-0.25, -0.2) is 23.2 Å². The molecule has 1 N–H and O–H groups in total. The number of aryl methyl sites for hydroxylation is 1. The van der Waals surface area contributed by atoms with Gasteiger partial charge in [0.15, 0.2) is 11.2 Å². The van der Waals surface area contributed by atoms with E-state index in [0.29, 0.717) is 0 Å². The van der Waals surface area contributed by atoms with E-state index in [1.165, 1.54) is 20.2 Å². The van der Waals surface area contributed by atoms with Crippen molar-refractivity contribution in [3.05, 3.63) is 38.4 Å². The Morgan fingerprint density at radius 1 is 1.05 bits per heavy atom. The van der Waals surface area contributed by atoms with Gasteiger partial charge in [0, 0.05) is 38.3 Å². The fourth-order valence-electron chi connectivity index (χ4n) is 4.08. The van der Waals surface area contributed by atoms with E-state index in [1.807, 2.05) is 0 Å². The molecule has 0 atom stereocenters. The minimum absolute atomic E-state index is 0.0204. The maximum absolute atomic E-state index is 12.9. The molecule has 2 aliphatic rings. The average Bonchev–Trinajstić information content (AvgIpc) is 3.75. The molecule has 0 saturated heterocycles. The quantitative estimate of drug-likeness (QED) is 0.391. The smallest absolute Gasteiger partial charge is 0.312 e. The minimum atomic E-state index is -3.78. The van der Waals surface area contributed by atoms with Gasteiger partial charge in [-0.1, -0.05) is 5.92 Å². The van der Waals surface area contributed by atoms with Crippen LogP contribution in [-0.2, 0) is 46.5 Å². The molecular formula is C24H25N7O6S. The lowest BCUT2D eigenvalue weighted by atomic mass is 10.2. The van der Waals surface area contributed by atoms with E-state index in [9.17, 15) is 27.6 Å². The van der Waals surface area contributed by atoms with Crippen molar-refractivity contribution in [1.82, 2.24) is 28.7 Å². The van der Waals surface area contributed by atoms with E-state index in [2.05, 4.69) is 32.1 Å². The van der Waals surface area contributed by atoms with E-state index >= 15 is 0 Å². The van der Waals surface area contributed by atoms with E-state index in [0.717, 1.165) is 45.6 Å². The topological polar surface area (TPSA) is 168 Å². The molecule has 14 heteroatoms. The largest absolute Gasteiger partial charge is 0.333 e. The molecular weight excluding hydrogens is 514 g/mol. The normalized spacial score (nSPS) is 15.2. The van der Waals surface area contributed by atoms with Gasteiger partial charge >= 0.3 is 5.69 Å². The molecule has 0 spiro atoms. The average molecular weight is 540 g/mol. The van der Waals surface area contributed by atoms with E-state index < -0.39 is 21.1 Å². The van der Waals surface area contributed by atoms with Crippen LogP contribution in [0.3, 0.4) is 0 Å². The summed E-state index contributed by atoms with van der Waals surface area (Å²) in [4.78, 5) is 62.9. The van der Waals surface area contributed by atoms with Gasteiger partial charge in [0.25, 0.3) is 5.56 Å². The summed E-state index contributed by atoms with van der Waals surface area (Å²) >= 11 is 0. The number of hydrogen-bond acceptors (Lipinski definition) is 9. The van der Waals surface area contributed by atoms with E-state index in [-0.39, 0.29) is 70.1 Å². The summed E-state index contributed by atoms with van der Waals surface area (Å²) in [6, 6.07) is 1.49. The van der Waals surface area contributed by atoms with Crippen molar-refractivity contribution < 1.29 is 18.0 Å². The maximum Gasteiger partial charge on any atom is 0.333 e. The molecule has 3 aromatic heterocycles. The molecule has 0 bridgehead atoms. The minimum Gasteiger partial charge on any atom is -0.312 e. The Morgan fingerprint density at radius 2 is 1.74 bits per heavy atom. The summed E-state index contributed by atoms with van der Waals surface area (Å²) < 4.78 is 27.4. The number of Topliss-reactive ketones (excluding diaryl/α,β-unsaturated/α-hetero) is 1. The molecule has 38 heavy (non-hydrogen) atoms. The van der Waals surface area contributed by atoms with Gasteiger partial charge in [-0.2, -0.15) is 4.98 Å². The third-order valence-corrected chi connectivity index (χ3v) is 7.47. The van der Waals surface area contributed by atoms with E-state index in [1.54, 1.807) is 0 Å². The molecule has 2 aliphatic carbocycles. The Kier molecular flexibility index (Phi) is 6.26. The molecule has 0 radical (unpaired) electrons. The molecule has 0 unspecified atom stereocenters. The second kappa shape index (κ2) is 9.32. The predicted octanol–water partition coefficient (Wildman–Crippen LogP) is -0.451. The Labute approximate surface area is 216 Å². The zero-order chi connectivity index (χ0) is 27.4. The summed E-state index contributed by atoms with van der Waals surface area (Å²) in [5.74, 6) is 5.96. The number of hydrogen-bond donors (Lipinski definition) is 1. The summed E-state index contributed by atoms with van der Waals surface area (Å²) in [6.07, 6.45) is 4.31. The first-order valence-corrected chi connectivity index (χ1v) is 13.9. The van der Waals surface area contributed by atoms with Crippen molar-refractivity contribution in [2.45, 2.75) is 43.8 Å². The Morgan fingerprint density at radius 3 is 2.37 bits per heavy atom. The van der Waals surface area contributed by atoms with Crippen LogP contribution in [0, 0.1) is 23.7 Å². The van der Waals surface area contributed by atoms with Crippen molar-refractivity contribution in [2.24, 2.45) is 25.9 Å². The number of nitrogens with one attached hydrogen (secondary N) is 1. The predicted molar refractivity (Wildman–Crippen MR) is 135 cm³/mol. The molecule has 5 rings (SSSR count). The molecule has 13 nitrogen and oxygen atoms in total. The maximum atomic E-state index is 12.9. The Balaban J connectivity index is 1.51. The van der Waals surface area contributed by atoms with Crippen LogP contribution >= 0.6 is 0 Å².